The fraction of sp³-hybridized carbons (Fsp3) is 1.00. The third kappa shape index (κ3) is 1.91. The van der Waals surface area contributed by atoms with E-state index in [0.717, 1.165) is 5.92 Å². The maximum absolute atomic E-state index is 3.91. The Kier molecular flexibility index (Phi) is 3.00. The summed E-state index contributed by atoms with van der Waals surface area (Å²) in [6, 6.07) is 0.673. The van der Waals surface area contributed by atoms with Crippen molar-refractivity contribution in [1.29, 1.82) is 0 Å². The van der Waals surface area contributed by atoms with Crippen molar-refractivity contribution in [3.05, 3.63) is 0 Å². The fourth-order valence-corrected chi connectivity index (χ4v) is 4.74. The minimum atomic E-state index is 0.469. The first-order chi connectivity index (χ1) is 8.42. The SMILES string of the molecule is CN1CCN(NC2C(C)(C)[C@H]3CC[C@]2(C)C3)CC1. The van der Waals surface area contributed by atoms with Crippen LogP contribution in [-0.2, 0) is 0 Å². The molecule has 3 atom stereocenters. The quantitative estimate of drug-likeness (QED) is 0.809. The second-order valence-corrected chi connectivity index (χ2v) is 7.77. The van der Waals surface area contributed by atoms with E-state index in [-0.39, 0.29) is 0 Å². The van der Waals surface area contributed by atoms with Gasteiger partial charge in [-0.25, -0.2) is 5.01 Å². The Hall–Kier alpha value is -0.120. The number of rotatable bonds is 2. The molecule has 3 aliphatic rings. The van der Waals surface area contributed by atoms with Gasteiger partial charge in [0.1, 0.15) is 0 Å². The predicted octanol–water partition coefficient (Wildman–Crippen LogP) is 1.95. The first kappa shape index (κ1) is 12.9. The first-order valence-electron chi connectivity index (χ1n) is 7.61. The van der Waals surface area contributed by atoms with Crippen LogP contribution in [0.4, 0.5) is 0 Å². The maximum Gasteiger partial charge on any atom is 0.0322 e. The lowest BCUT2D eigenvalue weighted by atomic mass is 9.68. The first-order valence-corrected chi connectivity index (χ1v) is 7.61. The van der Waals surface area contributed by atoms with Crippen LogP contribution in [-0.4, -0.2) is 49.2 Å². The van der Waals surface area contributed by atoms with Crippen LogP contribution >= 0.6 is 0 Å². The second kappa shape index (κ2) is 4.19. The molecular weight excluding hydrogens is 222 g/mol. The Labute approximate surface area is 112 Å². The molecule has 0 amide bonds. The Balaban J connectivity index is 1.68. The number of nitrogens with zero attached hydrogens (tertiary/aromatic N) is 2. The number of hydrogen-bond donors (Lipinski definition) is 1. The van der Waals surface area contributed by atoms with Crippen molar-refractivity contribution < 1.29 is 0 Å². The lowest BCUT2D eigenvalue weighted by Crippen LogP contribution is -2.60. The summed E-state index contributed by atoms with van der Waals surface area (Å²) in [6.07, 6.45) is 4.31. The van der Waals surface area contributed by atoms with Gasteiger partial charge in [-0.3, -0.25) is 5.43 Å². The highest BCUT2D eigenvalue weighted by atomic mass is 15.5. The summed E-state index contributed by atoms with van der Waals surface area (Å²) in [7, 11) is 2.22. The molecule has 0 radical (unpaired) electrons. The standard InChI is InChI=1S/C15H29N3/c1-14(2)12-5-6-15(3,11-12)13(14)16-18-9-7-17(4)8-10-18/h12-13,16H,5-11H2,1-4H3/t12-,13?,15+/m0/s1. The van der Waals surface area contributed by atoms with Crippen LogP contribution in [0.3, 0.4) is 0 Å². The lowest BCUT2D eigenvalue weighted by Gasteiger charge is -2.46. The summed E-state index contributed by atoms with van der Waals surface area (Å²) in [5.74, 6) is 0.937. The Bertz CT molecular complexity index is 315. The van der Waals surface area contributed by atoms with Gasteiger partial charge in [0.2, 0.25) is 0 Å². The third-order valence-electron chi connectivity index (χ3n) is 6.08. The highest BCUT2D eigenvalue weighted by Crippen LogP contribution is 2.62. The van der Waals surface area contributed by atoms with Crippen LogP contribution in [0, 0.1) is 16.7 Å². The molecule has 3 rings (SSSR count). The largest absolute Gasteiger partial charge is 0.304 e. The van der Waals surface area contributed by atoms with Crippen molar-refractivity contribution in [2.45, 2.75) is 46.1 Å². The highest BCUT2D eigenvalue weighted by Gasteiger charge is 2.59. The molecule has 0 aromatic heterocycles. The van der Waals surface area contributed by atoms with E-state index in [1.54, 1.807) is 0 Å². The predicted molar refractivity (Wildman–Crippen MR) is 75.2 cm³/mol. The minimum Gasteiger partial charge on any atom is -0.304 e. The molecule has 1 saturated heterocycles. The van der Waals surface area contributed by atoms with Crippen LogP contribution < -0.4 is 5.43 Å². The molecule has 0 aromatic carbocycles. The second-order valence-electron chi connectivity index (χ2n) is 7.77. The van der Waals surface area contributed by atoms with Gasteiger partial charge >= 0.3 is 0 Å². The zero-order chi connectivity index (χ0) is 13.0. The molecule has 104 valence electrons. The van der Waals surface area contributed by atoms with Gasteiger partial charge in [-0.15, -0.1) is 0 Å². The zero-order valence-corrected chi connectivity index (χ0v) is 12.5. The fourth-order valence-electron chi connectivity index (χ4n) is 4.74. The molecule has 1 heterocycles. The summed E-state index contributed by atoms with van der Waals surface area (Å²) in [4.78, 5) is 2.42. The maximum atomic E-state index is 3.91. The summed E-state index contributed by atoms with van der Waals surface area (Å²) < 4.78 is 0. The topological polar surface area (TPSA) is 18.5 Å². The number of hydrogen-bond acceptors (Lipinski definition) is 3. The van der Waals surface area contributed by atoms with Crippen LogP contribution in [0.1, 0.15) is 40.0 Å². The van der Waals surface area contributed by atoms with Crippen LogP contribution in [0.15, 0.2) is 0 Å². The van der Waals surface area contributed by atoms with Gasteiger partial charge in [-0.05, 0) is 43.1 Å². The molecule has 1 aliphatic heterocycles. The molecule has 1 unspecified atom stereocenters. The van der Waals surface area contributed by atoms with Crippen molar-refractivity contribution in [3.63, 3.8) is 0 Å². The number of fused-ring (bicyclic) bond motifs is 2. The van der Waals surface area contributed by atoms with Crippen molar-refractivity contribution in [2.75, 3.05) is 33.2 Å². The molecule has 3 fully saturated rings. The summed E-state index contributed by atoms with van der Waals surface area (Å²) in [5.41, 5.74) is 4.92. The van der Waals surface area contributed by atoms with E-state index in [2.05, 4.69) is 43.2 Å². The van der Waals surface area contributed by atoms with Gasteiger partial charge in [0.15, 0.2) is 0 Å². The van der Waals surface area contributed by atoms with Crippen molar-refractivity contribution in [2.24, 2.45) is 16.7 Å². The van der Waals surface area contributed by atoms with Gasteiger partial charge < -0.3 is 4.90 Å². The molecule has 18 heavy (non-hydrogen) atoms. The van der Waals surface area contributed by atoms with Gasteiger partial charge in [0.05, 0.1) is 0 Å². The van der Waals surface area contributed by atoms with E-state index in [1.165, 1.54) is 45.4 Å². The Morgan fingerprint density at radius 2 is 1.72 bits per heavy atom. The Morgan fingerprint density at radius 3 is 2.28 bits per heavy atom. The van der Waals surface area contributed by atoms with E-state index in [4.69, 9.17) is 0 Å². The molecule has 3 heteroatoms. The summed E-state index contributed by atoms with van der Waals surface area (Å²) >= 11 is 0. The van der Waals surface area contributed by atoms with Crippen molar-refractivity contribution in [3.8, 4) is 0 Å². The molecule has 3 nitrogen and oxygen atoms in total. The average Bonchev–Trinajstić information content (AvgIpc) is 2.78. The monoisotopic (exact) mass is 251 g/mol. The summed E-state index contributed by atoms with van der Waals surface area (Å²) in [6.45, 7) is 12.2. The highest BCUT2D eigenvalue weighted by molar-refractivity contribution is 5.11. The molecule has 2 aliphatic carbocycles. The van der Waals surface area contributed by atoms with E-state index < -0.39 is 0 Å². The number of nitrogens with one attached hydrogen (secondary N) is 1. The number of piperazine rings is 1. The number of likely N-dealkylation sites (N-methyl/N-ethyl adjacent to an activating group) is 1. The third-order valence-corrected chi connectivity index (χ3v) is 6.08. The van der Waals surface area contributed by atoms with E-state index >= 15 is 0 Å². The van der Waals surface area contributed by atoms with Gasteiger partial charge in [0, 0.05) is 32.2 Å². The van der Waals surface area contributed by atoms with Gasteiger partial charge in [-0.1, -0.05) is 20.8 Å². The minimum absolute atomic E-state index is 0.469. The van der Waals surface area contributed by atoms with E-state index in [1.807, 2.05) is 0 Å². The molecule has 2 bridgehead atoms. The smallest absolute Gasteiger partial charge is 0.0322 e. The van der Waals surface area contributed by atoms with Crippen LogP contribution in [0.2, 0.25) is 0 Å². The zero-order valence-electron chi connectivity index (χ0n) is 12.5. The molecule has 1 N–H and O–H groups in total. The lowest BCUT2D eigenvalue weighted by molar-refractivity contribution is 0.00937. The van der Waals surface area contributed by atoms with E-state index in [0.29, 0.717) is 16.9 Å². The molecule has 0 spiro atoms. The summed E-state index contributed by atoms with van der Waals surface area (Å²) in [5, 5.41) is 2.48. The van der Waals surface area contributed by atoms with Crippen molar-refractivity contribution in [1.82, 2.24) is 15.3 Å². The normalized spacial score (nSPS) is 44.7. The van der Waals surface area contributed by atoms with Gasteiger partial charge in [0.25, 0.3) is 0 Å². The van der Waals surface area contributed by atoms with Crippen LogP contribution in [0.5, 0.6) is 0 Å². The molecular formula is C15H29N3. The van der Waals surface area contributed by atoms with Crippen molar-refractivity contribution >= 4 is 0 Å². The van der Waals surface area contributed by atoms with Crippen LogP contribution in [0.25, 0.3) is 0 Å². The molecule has 2 saturated carbocycles. The van der Waals surface area contributed by atoms with Gasteiger partial charge in [-0.2, -0.15) is 0 Å². The Morgan fingerprint density at radius 1 is 1.06 bits per heavy atom. The number of hydrazine groups is 1. The average molecular weight is 251 g/mol. The van der Waals surface area contributed by atoms with E-state index in [9.17, 15) is 0 Å². The molecule has 0 aromatic rings.